The van der Waals surface area contributed by atoms with Gasteiger partial charge >= 0.3 is 0 Å². The lowest BCUT2D eigenvalue weighted by molar-refractivity contribution is 0.467. The fraction of sp³-hybridized carbons (Fsp3) is 0.150. The van der Waals surface area contributed by atoms with Gasteiger partial charge in [0, 0.05) is 36.8 Å². The maximum atomic E-state index is 13.5. The normalized spacial score (nSPS) is 10.8. The van der Waals surface area contributed by atoms with Gasteiger partial charge in [0.1, 0.15) is 11.6 Å². The average Bonchev–Trinajstić information content (AvgIpc) is 2.89. The molecule has 128 valence electrons. The van der Waals surface area contributed by atoms with Crippen molar-refractivity contribution < 1.29 is 9.50 Å². The summed E-state index contributed by atoms with van der Waals surface area (Å²) in [6, 6.07) is 14.1. The van der Waals surface area contributed by atoms with Crippen molar-refractivity contribution in [3.05, 3.63) is 95.5 Å². The Morgan fingerprint density at radius 3 is 2.60 bits per heavy atom. The second-order valence-corrected chi connectivity index (χ2v) is 6.08. The van der Waals surface area contributed by atoms with E-state index in [0.29, 0.717) is 30.6 Å². The van der Waals surface area contributed by atoms with Crippen molar-refractivity contribution in [2.75, 3.05) is 0 Å². The minimum absolute atomic E-state index is 0.0931. The third kappa shape index (κ3) is 4.26. The Balaban J connectivity index is 1.92. The number of phenols is 1. The van der Waals surface area contributed by atoms with Gasteiger partial charge in [-0.05, 0) is 23.3 Å². The Kier molecular flexibility index (Phi) is 4.84. The molecule has 1 aromatic heterocycles. The summed E-state index contributed by atoms with van der Waals surface area (Å²) in [7, 11) is 0. The highest BCUT2D eigenvalue weighted by atomic mass is 19.1. The molecule has 2 aromatic carbocycles. The number of nitrogens with two attached hydrogens (primary N) is 1. The van der Waals surface area contributed by atoms with Crippen LogP contribution >= 0.6 is 0 Å². The van der Waals surface area contributed by atoms with E-state index in [1.165, 1.54) is 6.07 Å². The molecule has 0 unspecified atom stereocenters. The number of rotatable bonds is 6. The van der Waals surface area contributed by atoms with Crippen LogP contribution in [-0.4, -0.2) is 14.7 Å². The first kappa shape index (κ1) is 16.8. The van der Waals surface area contributed by atoms with Crippen molar-refractivity contribution in [1.29, 1.82) is 0 Å². The predicted octanol–water partition coefficient (Wildman–Crippen LogP) is 3.38. The second kappa shape index (κ2) is 7.21. The Labute approximate surface area is 146 Å². The van der Waals surface area contributed by atoms with E-state index in [9.17, 15) is 9.50 Å². The number of allylic oxidation sites excluding steroid dienone is 1. The van der Waals surface area contributed by atoms with Crippen LogP contribution in [-0.2, 0) is 19.4 Å². The van der Waals surface area contributed by atoms with Crippen LogP contribution in [0.15, 0.2) is 67.1 Å². The SMILES string of the molecule is C=C(N)Cc1c(Cc2ccccc2)ncn1Cc1cc(O)cc(F)c1. The highest BCUT2D eigenvalue weighted by Crippen LogP contribution is 2.20. The average molecular weight is 337 g/mol. The smallest absolute Gasteiger partial charge is 0.127 e. The van der Waals surface area contributed by atoms with Crippen LogP contribution in [0.5, 0.6) is 5.75 Å². The van der Waals surface area contributed by atoms with Gasteiger partial charge in [-0.1, -0.05) is 36.9 Å². The van der Waals surface area contributed by atoms with Crippen molar-refractivity contribution in [2.45, 2.75) is 19.4 Å². The molecule has 0 aliphatic rings. The molecule has 0 radical (unpaired) electrons. The van der Waals surface area contributed by atoms with E-state index in [1.54, 1.807) is 12.4 Å². The highest BCUT2D eigenvalue weighted by molar-refractivity contribution is 5.31. The van der Waals surface area contributed by atoms with E-state index < -0.39 is 5.82 Å². The molecule has 0 fully saturated rings. The second-order valence-electron chi connectivity index (χ2n) is 6.08. The monoisotopic (exact) mass is 337 g/mol. The molecule has 3 rings (SSSR count). The molecule has 1 heterocycles. The van der Waals surface area contributed by atoms with E-state index in [1.807, 2.05) is 34.9 Å². The van der Waals surface area contributed by atoms with Gasteiger partial charge in [-0.3, -0.25) is 0 Å². The molecule has 0 bridgehead atoms. The fourth-order valence-electron chi connectivity index (χ4n) is 2.86. The predicted molar refractivity (Wildman–Crippen MR) is 95.7 cm³/mol. The Morgan fingerprint density at radius 1 is 1.16 bits per heavy atom. The molecular weight excluding hydrogens is 317 g/mol. The van der Waals surface area contributed by atoms with Gasteiger partial charge in [-0.25, -0.2) is 9.37 Å². The van der Waals surface area contributed by atoms with E-state index in [4.69, 9.17) is 5.73 Å². The van der Waals surface area contributed by atoms with Crippen LogP contribution in [0.2, 0.25) is 0 Å². The molecular formula is C20H20FN3O. The summed E-state index contributed by atoms with van der Waals surface area (Å²) < 4.78 is 15.4. The Morgan fingerprint density at radius 2 is 1.92 bits per heavy atom. The first-order valence-electron chi connectivity index (χ1n) is 8.00. The van der Waals surface area contributed by atoms with Gasteiger partial charge in [0.05, 0.1) is 12.0 Å². The summed E-state index contributed by atoms with van der Waals surface area (Å²) in [4.78, 5) is 4.52. The van der Waals surface area contributed by atoms with Gasteiger partial charge in [-0.15, -0.1) is 0 Å². The molecule has 3 aromatic rings. The maximum Gasteiger partial charge on any atom is 0.127 e. The van der Waals surface area contributed by atoms with Crippen LogP contribution in [0, 0.1) is 5.82 Å². The maximum absolute atomic E-state index is 13.5. The van der Waals surface area contributed by atoms with Gasteiger partial charge < -0.3 is 15.4 Å². The largest absolute Gasteiger partial charge is 0.508 e. The molecule has 3 N–H and O–H groups in total. The Hall–Kier alpha value is -3.08. The topological polar surface area (TPSA) is 64.1 Å². The summed E-state index contributed by atoms with van der Waals surface area (Å²) in [6.07, 6.45) is 2.90. The molecule has 4 nitrogen and oxygen atoms in total. The third-order valence-corrected chi connectivity index (χ3v) is 3.94. The number of phenolic OH excluding ortho intramolecular Hbond substituents is 1. The summed E-state index contributed by atoms with van der Waals surface area (Å²) in [5, 5.41) is 9.59. The zero-order chi connectivity index (χ0) is 17.8. The van der Waals surface area contributed by atoms with Crippen molar-refractivity contribution in [1.82, 2.24) is 9.55 Å². The van der Waals surface area contributed by atoms with Crippen LogP contribution in [0.25, 0.3) is 0 Å². The van der Waals surface area contributed by atoms with Crippen molar-refractivity contribution in [3.8, 4) is 5.75 Å². The number of hydrogen-bond donors (Lipinski definition) is 2. The van der Waals surface area contributed by atoms with E-state index >= 15 is 0 Å². The minimum atomic E-state index is -0.468. The molecule has 25 heavy (non-hydrogen) atoms. The third-order valence-electron chi connectivity index (χ3n) is 3.94. The molecule has 0 atom stereocenters. The highest BCUT2D eigenvalue weighted by Gasteiger charge is 2.13. The molecule has 0 spiro atoms. The lowest BCUT2D eigenvalue weighted by Crippen LogP contribution is -2.10. The van der Waals surface area contributed by atoms with Gasteiger partial charge in [0.2, 0.25) is 0 Å². The molecule has 5 heteroatoms. The number of aromatic hydroxyl groups is 1. The zero-order valence-electron chi connectivity index (χ0n) is 13.8. The van der Waals surface area contributed by atoms with E-state index in [-0.39, 0.29) is 5.75 Å². The van der Waals surface area contributed by atoms with Gasteiger partial charge in [-0.2, -0.15) is 0 Å². The zero-order valence-corrected chi connectivity index (χ0v) is 13.8. The molecule has 0 saturated carbocycles. The van der Waals surface area contributed by atoms with Gasteiger partial charge in [0.15, 0.2) is 0 Å². The number of aromatic nitrogens is 2. The molecule has 0 aliphatic heterocycles. The standard InChI is InChI=1S/C20H20FN3O/c1-14(22)7-20-19(10-15-5-3-2-4-6-15)23-13-24(20)12-16-8-17(21)11-18(25)9-16/h2-6,8-9,11,13,25H,1,7,10,12,22H2. The van der Waals surface area contributed by atoms with Crippen LogP contribution in [0.4, 0.5) is 4.39 Å². The first-order valence-corrected chi connectivity index (χ1v) is 8.00. The summed E-state index contributed by atoms with van der Waals surface area (Å²) >= 11 is 0. The summed E-state index contributed by atoms with van der Waals surface area (Å²) in [6.45, 7) is 4.19. The lowest BCUT2D eigenvalue weighted by Gasteiger charge is -2.11. The molecule has 0 saturated heterocycles. The van der Waals surface area contributed by atoms with Crippen LogP contribution in [0.1, 0.15) is 22.5 Å². The fourth-order valence-corrected chi connectivity index (χ4v) is 2.86. The molecule has 0 aliphatic carbocycles. The first-order chi connectivity index (χ1) is 12.0. The van der Waals surface area contributed by atoms with Gasteiger partial charge in [0.25, 0.3) is 0 Å². The quantitative estimate of drug-likeness (QED) is 0.725. The van der Waals surface area contributed by atoms with Crippen LogP contribution in [0.3, 0.4) is 0 Å². The van der Waals surface area contributed by atoms with Crippen molar-refractivity contribution in [3.63, 3.8) is 0 Å². The summed E-state index contributed by atoms with van der Waals surface area (Å²) in [5.41, 5.74) is 10.0. The van der Waals surface area contributed by atoms with Crippen LogP contribution < -0.4 is 5.73 Å². The van der Waals surface area contributed by atoms with E-state index in [2.05, 4.69) is 11.6 Å². The Bertz CT molecular complexity index is 867. The number of halogens is 1. The molecule has 0 amide bonds. The number of benzene rings is 2. The minimum Gasteiger partial charge on any atom is -0.508 e. The van der Waals surface area contributed by atoms with Crippen molar-refractivity contribution in [2.24, 2.45) is 5.73 Å². The van der Waals surface area contributed by atoms with E-state index in [0.717, 1.165) is 23.0 Å². The lowest BCUT2D eigenvalue weighted by atomic mass is 10.1. The summed E-state index contributed by atoms with van der Waals surface area (Å²) in [5.74, 6) is -0.561. The number of nitrogens with zero attached hydrogens (tertiary/aromatic N) is 2. The van der Waals surface area contributed by atoms with Crippen molar-refractivity contribution >= 4 is 0 Å². The number of imidazole rings is 1. The number of hydrogen-bond acceptors (Lipinski definition) is 3.